The number of aliphatic hydroxyl groups excluding tert-OH is 1. The molecule has 1 rings (SSSR count). The molecule has 18 heavy (non-hydrogen) atoms. The monoisotopic (exact) mass is 258 g/mol. The largest absolute Gasteiger partial charge is 0.396 e. The van der Waals surface area contributed by atoms with Gasteiger partial charge in [-0.1, -0.05) is 6.42 Å². The SMILES string of the molecule is COCC(CCO)NC(=O)CCC1CCCCN1. The number of hydrogen-bond donors (Lipinski definition) is 3. The Morgan fingerprint density at radius 3 is 3.00 bits per heavy atom. The molecule has 0 aromatic carbocycles. The average molecular weight is 258 g/mol. The number of carbonyl (C=O) groups is 1. The molecule has 0 saturated carbocycles. The average Bonchev–Trinajstić information content (AvgIpc) is 2.38. The second-order valence-corrected chi connectivity index (χ2v) is 4.92. The summed E-state index contributed by atoms with van der Waals surface area (Å²) >= 11 is 0. The van der Waals surface area contributed by atoms with E-state index in [4.69, 9.17) is 9.84 Å². The van der Waals surface area contributed by atoms with E-state index in [1.54, 1.807) is 7.11 Å². The molecule has 1 aliphatic rings. The maximum Gasteiger partial charge on any atom is 0.220 e. The highest BCUT2D eigenvalue weighted by atomic mass is 16.5. The fraction of sp³-hybridized carbons (Fsp3) is 0.923. The van der Waals surface area contributed by atoms with Crippen LogP contribution in [0.3, 0.4) is 0 Å². The maximum absolute atomic E-state index is 11.8. The summed E-state index contributed by atoms with van der Waals surface area (Å²) < 4.78 is 5.01. The Morgan fingerprint density at radius 1 is 1.56 bits per heavy atom. The summed E-state index contributed by atoms with van der Waals surface area (Å²) in [5, 5.41) is 15.2. The normalized spacial score (nSPS) is 21.6. The first-order valence-electron chi connectivity index (χ1n) is 6.88. The molecule has 1 aliphatic heterocycles. The lowest BCUT2D eigenvalue weighted by atomic mass is 10.0. The van der Waals surface area contributed by atoms with Gasteiger partial charge in [-0.2, -0.15) is 0 Å². The molecule has 1 saturated heterocycles. The Bertz CT molecular complexity index is 224. The number of ether oxygens (including phenoxy) is 1. The summed E-state index contributed by atoms with van der Waals surface area (Å²) in [7, 11) is 1.60. The fourth-order valence-electron chi connectivity index (χ4n) is 2.33. The molecule has 0 aromatic rings. The van der Waals surface area contributed by atoms with Crippen LogP contribution in [0.25, 0.3) is 0 Å². The zero-order chi connectivity index (χ0) is 13.2. The molecule has 0 radical (unpaired) electrons. The molecular formula is C13H26N2O3. The quantitative estimate of drug-likeness (QED) is 0.590. The van der Waals surface area contributed by atoms with Crippen molar-refractivity contribution in [2.24, 2.45) is 0 Å². The van der Waals surface area contributed by atoms with Crippen LogP contribution in [0.5, 0.6) is 0 Å². The molecule has 0 aliphatic carbocycles. The highest BCUT2D eigenvalue weighted by Crippen LogP contribution is 2.11. The Balaban J connectivity index is 2.17. The van der Waals surface area contributed by atoms with Crippen LogP contribution in [-0.2, 0) is 9.53 Å². The van der Waals surface area contributed by atoms with E-state index in [0.29, 0.717) is 25.5 Å². The molecule has 1 heterocycles. The second-order valence-electron chi connectivity index (χ2n) is 4.92. The van der Waals surface area contributed by atoms with Gasteiger partial charge in [0.2, 0.25) is 5.91 Å². The summed E-state index contributed by atoms with van der Waals surface area (Å²) in [6.07, 6.45) is 5.66. The summed E-state index contributed by atoms with van der Waals surface area (Å²) in [6, 6.07) is 0.412. The minimum atomic E-state index is -0.0770. The van der Waals surface area contributed by atoms with Gasteiger partial charge in [0.05, 0.1) is 12.6 Å². The minimum absolute atomic E-state index is 0.0536. The third-order valence-corrected chi connectivity index (χ3v) is 3.34. The van der Waals surface area contributed by atoms with E-state index in [9.17, 15) is 4.79 Å². The first kappa shape index (κ1) is 15.4. The zero-order valence-electron chi connectivity index (χ0n) is 11.3. The highest BCUT2D eigenvalue weighted by molar-refractivity contribution is 5.76. The van der Waals surface area contributed by atoms with E-state index in [2.05, 4.69) is 10.6 Å². The summed E-state index contributed by atoms with van der Waals surface area (Å²) in [6.45, 7) is 1.59. The van der Waals surface area contributed by atoms with Crippen LogP contribution >= 0.6 is 0 Å². The third-order valence-electron chi connectivity index (χ3n) is 3.34. The van der Waals surface area contributed by atoms with Crippen molar-refractivity contribution in [1.29, 1.82) is 0 Å². The number of carbonyl (C=O) groups excluding carboxylic acids is 1. The molecule has 0 spiro atoms. The van der Waals surface area contributed by atoms with E-state index < -0.39 is 0 Å². The van der Waals surface area contributed by atoms with Crippen molar-refractivity contribution in [2.75, 3.05) is 26.9 Å². The lowest BCUT2D eigenvalue weighted by molar-refractivity contribution is -0.122. The molecule has 1 fully saturated rings. The van der Waals surface area contributed by atoms with E-state index in [0.717, 1.165) is 13.0 Å². The molecule has 5 nitrogen and oxygen atoms in total. The smallest absolute Gasteiger partial charge is 0.220 e. The molecule has 2 unspecified atom stereocenters. The summed E-state index contributed by atoms with van der Waals surface area (Å²) in [5.41, 5.74) is 0. The van der Waals surface area contributed by atoms with E-state index in [1.165, 1.54) is 19.3 Å². The predicted molar refractivity (Wildman–Crippen MR) is 70.4 cm³/mol. The predicted octanol–water partition coefficient (Wildman–Crippen LogP) is 0.422. The van der Waals surface area contributed by atoms with Crippen molar-refractivity contribution in [1.82, 2.24) is 10.6 Å². The van der Waals surface area contributed by atoms with Crippen LogP contribution in [0.1, 0.15) is 38.5 Å². The van der Waals surface area contributed by atoms with Gasteiger partial charge in [0.25, 0.3) is 0 Å². The van der Waals surface area contributed by atoms with Gasteiger partial charge < -0.3 is 20.5 Å². The van der Waals surface area contributed by atoms with Gasteiger partial charge >= 0.3 is 0 Å². The van der Waals surface area contributed by atoms with Crippen LogP contribution in [0.2, 0.25) is 0 Å². The number of rotatable bonds is 8. The molecule has 3 N–H and O–H groups in total. The third kappa shape index (κ3) is 6.33. The highest BCUT2D eigenvalue weighted by Gasteiger charge is 2.16. The lowest BCUT2D eigenvalue weighted by Gasteiger charge is -2.23. The number of piperidine rings is 1. The number of amides is 1. The van der Waals surface area contributed by atoms with Crippen molar-refractivity contribution in [3.63, 3.8) is 0 Å². The zero-order valence-corrected chi connectivity index (χ0v) is 11.3. The van der Waals surface area contributed by atoms with Crippen molar-refractivity contribution >= 4 is 5.91 Å². The van der Waals surface area contributed by atoms with Crippen LogP contribution in [0, 0.1) is 0 Å². The Hall–Kier alpha value is -0.650. The second kappa shape index (κ2) is 9.30. The number of nitrogens with one attached hydrogen (secondary N) is 2. The molecular weight excluding hydrogens is 232 g/mol. The Kier molecular flexibility index (Phi) is 7.96. The molecule has 1 amide bonds. The number of hydrogen-bond acceptors (Lipinski definition) is 4. The lowest BCUT2D eigenvalue weighted by Crippen LogP contribution is -2.40. The maximum atomic E-state index is 11.8. The number of aliphatic hydroxyl groups is 1. The molecule has 2 atom stereocenters. The van der Waals surface area contributed by atoms with Crippen molar-refractivity contribution in [3.8, 4) is 0 Å². The molecule has 0 aromatic heterocycles. The van der Waals surface area contributed by atoms with Gasteiger partial charge in [-0.05, 0) is 32.2 Å². The first-order valence-corrected chi connectivity index (χ1v) is 6.88. The first-order chi connectivity index (χ1) is 8.76. The van der Waals surface area contributed by atoms with Crippen molar-refractivity contribution in [2.45, 2.75) is 50.6 Å². The van der Waals surface area contributed by atoms with E-state index >= 15 is 0 Å². The van der Waals surface area contributed by atoms with Crippen LogP contribution in [-0.4, -0.2) is 50.0 Å². The Labute approximate surface area is 109 Å². The molecule has 106 valence electrons. The van der Waals surface area contributed by atoms with Crippen LogP contribution in [0.15, 0.2) is 0 Å². The topological polar surface area (TPSA) is 70.6 Å². The van der Waals surface area contributed by atoms with Crippen LogP contribution in [0.4, 0.5) is 0 Å². The molecule has 0 bridgehead atoms. The number of methoxy groups -OCH3 is 1. The van der Waals surface area contributed by atoms with Crippen LogP contribution < -0.4 is 10.6 Å². The van der Waals surface area contributed by atoms with E-state index in [-0.39, 0.29) is 18.6 Å². The summed E-state index contributed by atoms with van der Waals surface area (Å²) in [4.78, 5) is 11.8. The fourth-order valence-corrected chi connectivity index (χ4v) is 2.33. The van der Waals surface area contributed by atoms with Gasteiger partial charge in [0.1, 0.15) is 0 Å². The summed E-state index contributed by atoms with van der Waals surface area (Å²) in [5.74, 6) is 0.0536. The minimum Gasteiger partial charge on any atom is -0.396 e. The van der Waals surface area contributed by atoms with Gasteiger partial charge in [0.15, 0.2) is 0 Å². The standard InChI is InChI=1S/C13H26N2O3/c1-18-10-12(7-9-16)15-13(17)6-5-11-4-2-3-8-14-11/h11-12,14,16H,2-10H2,1H3,(H,15,17). The van der Waals surface area contributed by atoms with E-state index in [1.807, 2.05) is 0 Å². The van der Waals surface area contributed by atoms with Crippen molar-refractivity contribution in [3.05, 3.63) is 0 Å². The molecule has 5 heteroatoms. The van der Waals surface area contributed by atoms with Gasteiger partial charge in [-0.15, -0.1) is 0 Å². The Morgan fingerprint density at radius 2 is 2.39 bits per heavy atom. The van der Waals surface area contributed by atoms with Gasteiger partial charge in [0, 0.05) is 26.2 Å². The van der Waals surface area contributed by atoms with Crippen molar-refractivity contribution < 1.29 is 14.6 Å². The van der Waals surface area contributed by atoms with Gasteiger partial charge in [-0.25, -0.2) is 0 Å². The van der Waals surface area contributed by atoms with Gasteiger partial charge in [-0.3, -0.25) is 4.79 Å².